The van der Waals surface area contributed by atoms with Gasteiger partial charge in [-0.15, -0.1) is 23.7 Å². The van der Waals surface area contributed by atoms with Crippen LogP contribution in [0.1, 0.15) is 27.0 Å². The fourth-order valence-electron chi connectivity index (χ4n) is 2.64. The summed E-state index contributed by atoms with van der Waals surface area (Å²) >= 11 is 1.39. The molecule has 0 bridgehead atoms. The van der Waals surface area contributed by atoms with Crippen LogP contribution in [0.3, 0.4) is 0 Å². The van der Waals surface area contributed by atoms with Crippen LogP contribution in [-0.2, 0) is 0 Å². The molecule has 3 rings (SSSR count). The van der Waals surface area contributed by atoms with Gasteiger partial charge < -0.3 is 15.5 Å². The summed E-state index contributed by atoms with van der Waals surface area (Å²) in [6.07, 6.45) is 0. The SMILES string of the molecule is CC1CNCCN1C(=O)c1cccc(NC(=O)c2cccs2)c1.Cl. The lowest BCUT2D eigenvalue weighted by Gasteiger charge is -2.34. The second-order valence-corrected chi connectivity index (χ2v) is 6.51. The molecule has 2 N–H and O–H groups in total. The van der Waals surface area contributed by atoms with Gasteiger partial charge in [-0.25, -0.2) is 0 Å². The smallest absolute Gasteiger partial charge is 0.265 e. The number of halogens is 1. The Balaban J connectivity index is 0.00000208. The third-order valence-corrected chi connectivity index (χ3v) is 4.74. The van der Waals surface area contributed by atoms with Gasteiger partial charge in [0.1, 0.15) is 0 Å². The summed E-state index contributed by atoms with van der Waals surface area (Å²) < 4.78 is 0. The number of hydrogen-bond donors (Lipinski definition) is 2. The van der Waals surface area contributed by atoms with Gasteiger partial charge in [0, 0.05) is 36.9 Å². The van der Waals surface area contributed by atoms with Crippen LogP contribution in [-0.4, -0.2) is 42.4 Å². The Morgan fingerprint density at radius 2 is 2.12 bits per heavy atom. The van der Waals surface area contributed by atoms with E-state index in [1.807, 2.05) is 23.3 Å². The summed E-state index contributed by atoms with van der Waals surface area (Å²) in [6.45, 7) is 4.35. The summed E-state index contributed by atoms with van der Waals surface area (Å²) in [6, 6.07) is 10.9. The van der Waals surface area contributed by atoms with E-state index in [1.165, 1.54) is 11.3 Å². The van der Waals surface area contributed by atoms with Crippen LogP contribution in [0.25, 0.3) is 0 Å². The van der Waals surface area contributed by atoms with Gasteiger partial charge in [0.2, 0.25) is 0 Å². The van der Waals surface area contributed by atoms with Crippen LogP contribution in [0.5, 0.6) is 0 Å². The number of nitrogens with one attached hydrogen (secondary N) is 2. The summed E-state index contributed by atoms with van der Waals surface area (Å²) in [5.74, 6) is -0.147. The molecule has 0 radical (unpaired) electrons. The molecule has 1 saturated heterocycles. The molecule has 2 aromatic rings. The molecule has 1 aliphatic heterocycles. The highest BCUT2D eigenvalue weighted by atomic mass is 35.5. The summed E-state index contributed by atoms with van der Waals surface area (Å²) in [7, 11) is 0. The number of piperazine rings is 1. The summed E-state index contributed by atoms with van der Waals surface area (Å²) in [5.41, 5.74) is 1.24. The third kappa shape index (κ3) is 4.14. The number of nitrogens with zero attached hydrogens (tertiary/aromatic N) is 1. The van der Waals surface area contributed by atoms with Gasteiger partial charge in [0.05, 0.1) is 4.88 Å². The fraction of sp³-hybridized carbons (Fsp3) is 0.294. The Morgan fingerprint density at radius 3 is 2.83 bits per heavy atom. The van der Waals surface area contributed by atoms with Gasteiger partial charge in [-0.2, -0.15) is 0 Å². The first kappa shape index (κ1) is 18.4. The van der Waals surface area contributed by atoms with E-state index in [0.717, 1.165) is 13.1 Å². The van der Waals surface area contributed by atoms with Crippen LogP contribution in [0.15, 0.2) is 41.8 Å². The molecule has 1 aliphatic rings. The van der Waals surface area contributed by atoms with Crippen molar-refractivity contribution in [1.29, 1.82) is 0 Å². The Labute approximate surface area is 151 Å². The average molecular weight is 366 g/mol. The topological polar surface area (TPSA) is 61.4 Å². The monoisotopic (exact) mass is 365 g/mol. The molecule has 1 unspecified atom stereocenters. The number of benzene rings is 1. The third-order valence-electron chi connectivity index (χ3n) is 3.87. The molecule has 0 saturated carbocycles. The molecular weight excluding hydrogens is 346 g/mol. The maximum atomic E-state index is 12.7. The van der Waals surface area contributed by atoms with Crippen molar-refractivity contribution in [3.05, 3.63) is 52.2 Å². The first-order valence-electron chi connectivity index (χ1n) is 7.62. The van der Waals surface area contributed by atoms with Crippen LogP contribution in [0.4, 0.5) is 5.69 Å². The predicted molar refractivity (Wildman–Crippen MR) is 99.3 cm³/mol. The second-order valence-electron chi connectivity index (χ2n) is 5.56. The molecule has 0 spiro atoms. The highest BCUT2D eigenvalue weighted by molar-refractivity contribution is 7.12. The Bertz CT molecular complexity index is 706. The van der Waals surface area contributed by atoms with Crippen molar-refractivity contribution in [2.75, 3.05) is 25.0 Å². The number of amides is 2. The van der Waals surface area contributed by atoms with Crippen molar-refractivity contribution in [3.8, 4) is 0 Å². The van der Waals surface area contributed by atoms with E-state index >= 15 is 0 Å². The molecular formula is C17H20ClN3O2S. The van der Waals surface area contributed by atoms with Crippen LogP contribution < -0.4 is 10.6 Å². The minimum Gasteiger partial charge on any atom is -0.333 e. The second kappa shape index (κ2) is 8.28. The van der Waals surface area contributed by atoms with Gasteiger partial charge in [-0.1, -0.05) is 12.1 Å². The Hall–Kier alpha value is -1.89. The summed E-state index contributed by atoms with van der Waals surface area (Å²) in [4.78, 5) is 27.3. The van der Waals surface area contributed by atoms with Crippen LogP contribution >= 0.6 is 23.7 Å². The molecule has 2 heterocycles. The van der Waals surface area contributed by atoms with Crippen molar-refractivity contribution < 1.29 is 9.59 Å². The molecule has 24 heavy (non-hydrogen) atoms. The van der Waals surface area contributed by atoms with E-state index in [4.69, 9.17) is 0 Å². The molecule has 7 heteroatoms. The lowest BCUT2D eigenvalue weighted by molar-refractivity contribution is 0.0655. The van der Waals surface area contributed by atoms with Gasteiger partial charge in [0.25, 0.3) is 11.8 Å². The zero-order valence-corrected chi connectivity index (χ0v) is 15.0. The lowest BCUT2D eigenvalue weighted by atomic mass is 10.1. The van der Waals surface area contributed by atoms with Crippen LogP contribution in [0.2, 0.25) is 0 Å². The zero-order chi connectivity index (χ0) is 16.2. The normalized spacial score (nSPS) is 17.0. The molecule has 128 valence electrons. The summed E-state index contributed by atoms with van der Waals surface area (Å²) in [5, 5.41) is 7.98. The fourth-order valence-corrected chi connectivity index (χ4v) is 3.26. The van der Waals surface area contributed by atoms with Crippen molar-refractivity contribution in [3.63, 3.8) is 0 Å². The van der Waals surface area contributed by atoms with Crippen molar-refractivity contribution in [2.24, 2.45) is 0 Å². The van der Waals surface area contributed by atoms with Gasteiger partial charge in [0.15, 0.2) is 0 Å². The Morgan fingerprint density at radius 1 is 1.29 bits per heavy atom. The number of rotatable bonds is 3. The average Bonchev–Trinajstić information content (AvgIpc) is 3.09. The van der Waals surface area contributed by atoms with Crippen molar-refractivity contribution >= 4 is 41.2 Å². The van der Waals surface area contributed by atoms with Crippen molar-refractivity contribution in [2.45, 2.75) is 13.0 Å². The molecule has 2 amide bonds. The quantitative estimate of drug-likeness (QED) is 0.879. The molecule has 1 aromatic carbocycles. The molecule has 0 aliphatic carbocycles. The van der Waals surface area contributed by atoms with E-state index in [2.05, 4.69) is 10.6 Å². The zero-order valence-electron chi connectivity index (χ0n) is 13.3. The van der Waals surface area contributed by atoms with Gasteiger partial charge >= 0.3 is 0 Å². The number of anilines is 1. The number of carbonyl (C=O) groups is 2. The maximum Gasteiger partial charge on any atom is 0.265 e. The minimum atomic E-state index is -0.153. The lowest BCUT2D eigenvalue weighted by Crippen LogP contribution is -2.52. The van der Waals surface area contributed by atoms with Crippen LogP contribution in [0, 0.1) is 0 Å². The predicted octanol–water partition coefficient (Wildman–Crippen LogP) is 2.86. The number of carbonyl (C=O) groups excluding carboxylic acids is 2. The van der Waals surface area contributed by atoms with Gasteiger partial charge in [-0.3, -0.25) is 9.59 Å². The molecule has 1 atom stereocenters. The first-order valence-corrected chi connectivity index (χ1v) is 8.50. The van der Waals surface area contributed by atoms with E-state index in [1.54, 1.807) is 30.3 Å². The highest BCUT2D eigenvalue weighted by Gasteiger charge is 2.24. The standard InChI is InChI=1S/C17H19N3O2S.ClH/c1-12-11-18-7-8-20(12)17(22)13-4-2-5-14(10-13)19-16(21)15-6-3-9-23-15;/h2-6,9-10,12,18H,7-8,11H2,1H3,(H,19,21);1H. The van der Waals surface area contributed by atoms with E-state index in [0.29, 0.717) is 22.7 Å². The highest BCUT2D eigenvalue weighted by Crippen LogP contribution is 2.17. The molecule has 1 aromatic heterocycles. The number of thiophene rings is 1. The minimum absolute atomic E-state index is 0. The van der Waals surface area contributed by atoms with Gasteiger partial charge in [-0.05, 0) is 36.6 Å². The van der Waals surface area contributed by atoms with E-state index < -0.39 is 0 Å². The van der Waals surface area contributed by atoms with E-state index in [9.17, 15) is 9.59 Å². The van der Waals surface area contributed by atoms with Crippen molar-refractivity contribution in [1.82, 2.24) is 10.2 Å². The number of hydrogen-bond acceptors (Lipinski definition) is 4. The Kier molecular flexibility index (Phi) is 6.36. The molecule has 1 fully saturated rings. The van der Waals surface area contributed by atoms with E-state index in [-0.39, 0.29) is 30.3 Å². The largest absolute Gasteiger partial charge is 0.333 e. The maximum absolute atomic E-state index is 12.7. The molecule has 5 nitrogen and oxygen atoms in total. The first-order chi connectivity index (χ1) is 11.1.